The van der Waals surface area contributed by atoms with Crippen molar-refractivity contribution in [1.82, 2.24) is 10.3 Å². The summed E-state index contributed by atoms with van der Waals surface area (Å²) in [6.07, 6.45) is 3.60. The molecule has 0 saturated heterocycles. The van der Waals surface area contributed by atoms with Crippen LogP contribution in [0.3, 0.4) is 0 Å². The maximum Gasteiger partial charge on any atom is 0.233 e. The Kier molecular flexibility index (Phi) is 7.50. The van der Waals surface area contributed by atoms with Gasteiger partial charge in [-0.2, -0.15) is 0 Å². The molecular formula is C12H20BrN3OS. The van der Waals surface area contributed by atoms with Crippen LogP contribution in [0.25, 0.3) is 0 Å². The smallest absolute Gasteiger partial charge is 0.233 e. The van der Waals surface area contributed by atoms with Crippen molar-refractivity contribution in [1.29, 1.82) is 0 Å². The van der Waals surface area contributed by atoms with Gasteiger partial charge in [-0.3, -0.25) is 10.2 Å². The zero-order valence-electron chi connectivity index (χ0n) is 10.6. The topological polar surface area (TPSA) is 58.4 Å². The number of hydrogen-bond acceptors (Lipinski definition) is 4. The standard InChI is InChI=1S/C12H20BrN3OS/c1-16(8-11-7-10(13)9-18-11)6-4-2-3-5-12(17)15-14/h7,9H,2-6,8,14H2,1H3,(H,15,17). The van der Waals surface area contributed by atoms with E-state index in [1.54, 1.807) is 11.3 Å². The van der Waals surface area contributed by atoms with Crippen LogP contribution < -0.4 is 11.3 Å². The first-order chi connectivity index (χ1) is 8.61. The minimum Gasteiger partial charge on any atom is -0.301 e. The molecule has 0 unspecified atom stereocenters. The first kappa shape index (κ1) is 15.6. The molecule has 0 bridgehead atoms. The van der Waals surface area contributed by atoms with E-state index in [0.29, 0.717) is 6.42 Å². The van der Waals surface area contributed by atoms with E-state index in [4.69, 9.17) is 5.84 Å². The molecule has 1 heterocycles. The van der Waals surface area contributed by atoms with Gasteiger partial charge in [-0.05, 0) is 48.4 Å². The van der Waals surface area contributed by atoms with Gasteiger partial charge in [0.15, 0.2) is 0 Å². The molecule has 0 fully saturated rings. The van der Waals surface area contributed by atoms with Gasteiger partial charge >= 0.3 is 0 Å². The van der Waals surface area contributed by atoms with E-state index in [0.717, 1.165) is 36.8 Å². The van der Waals surface area contributed by atoms with E-state index in [2.05, 4.69) is 44.7 Å². The van der Waals surface area contributed by atoms with E-state index >= 15 is 0 Å². The molecule has 1 aromatic rings. The predicted molar refractivity (Wildman–Crippen MR) is 79.2 cm³/mol. The predicted octanol–water partition coefficient (Wildman–Crippen LogP) is 2.49. The molecule has 3 N–H and O–H groups in total. The molecule has 0 aromatic carbocycles. The van der Waals surface area contributed by atoms with Gasteiger partial charge in [-0.1, -0.05) is 6.42 Å². The van der Waals surface area contributed by atoms with Crippen LogP contribution in [0.4, 0.5) is 0 Å². The van der Waals surface area contributed by atoms with Crippen molar-refractivity contribution in [3.8, 4) is 0 Å². The monoisotopic (exact) mass is 333 g/mol. The van der Waals surface area contributed by atoms with Crippen molar-refractivity contribution in [3.05, 3.63) is 20.8 Å². The lowest BCUT2D eigenvalue weighted by atomic mass is 10.2. The lowest BCUT2D eigenvalue weighted by Gasteiger charge is -2.15. The Morgan fingerprint density at radius 2 is 2.28 bits per heavy atom. The second-order valence-corrected chi connectivity index (χ2v) is 6.26. The molecule has 102 valence electrons. The molecule has 0 radical (unpaired) electrons. The first-order valence-corrected chi connectivity index (χ1v) is 7.70. The molecule has 0 aliphatic carbocycles. The number of halogens is 1. The number of hydrazine groups is 1. The van der Waals surface area contributed by atoms with Crippen LogP contribution >= 0.6 is 27.3 Å². The summed E-state index contributed by atoms with van der Waals surface area (Å²) in [6, 6.07) is 2.16. The summed E-state index contributed by atoms with van der Waals surface area (Å²) in [5, 5.41) is 2.11. The maximum absolute atomic E-state index is 10.9. The lowest BCUT2D eigenvalue weighted by molar-refractivity contribution is -0.121. The largest absolute Gasteiger partial charge is 0.301 e. The maximum atomic E-state index is 10.9. The molecule has 0 aliphatic heterocycles. The van der Waals surface area contributed by atoms with E-state index in [9.17, 15) is 4.79 Å². The normalized spacial score (nSPS) is 10.9. The Morgan fingerprint density at radius 1 is 1.50 bits per heavy atom. The zero-order chi connectivity index (χ0) is 13.4. The molecule has 1 rings (SSSR count). The van der Waals surface area contributed by atoms with E-state index in [1.165, 1.54) is 4.88 Å². The average Bonchev–Trinajstić information content (AvgIpc) is 2.73. The van der Waals surface area contributed by atoms with Crippen molar-refractivity contribution in [2.75, 3.05) is 13.6 Å². The Bertz CT molecular complexity index is 370. The van der Waals surface area contributed by atoms with Crippen LogP contribution in [0.5, 0.6) is 0 Å². The summed E-state index contributed by atoms with van der Waals surface area (Å²) < 4.78 is 1.16. The number of amides is 1. The van der Waals surface area contributed by atoms with Crippen molar-refractivity contribution < 1.29 is 4.79 Å². The number of nitrogens with one attached hydrogen (secondary N) is 1. The SMILES string of the molecule is CN(CCCCCC(=O)NN)Cc1cc(Br)cs1. The number of carbonyl (C=O) groups excluding carboxylic acids is 1. The van der Waals surface area contributed by atoms with Gasteiger partial charge in [-0.25, -0.2) is 5.84 Å². The molecule has 0 aliphatic rings. The number of rotatable bonds is 8. The number of unbranched alkanes of at least 4 members (excludes halogenated alkanes) is 2. The van der Waals surface area contributed by atoms with Crippen LogP contribution in [-0.2, 0) is 11.3 Å². The third kappa shape index (κ3) is 6.49. The zero-order valence-corrected chi connectivity index (χ0v) is 13.0. The van der Waals surface area contributed by atoms with Gasteiger partial charge in [0.05, 0.1) is 0 Å². The van der Waals surface area contributed by atoms with Gasteiger partial charge in [0, 0.05) is 27.7 Å². The van der Waals surface area contributed by atoms with Crippen LogP contribution in [0.2, 0.25) is 0 Å². The van der Waals surface area contributed by atoms with Crippen LogP contribution in [0.15, 0.2) is 15.9 Å². The molecule has 0 atom stereocenters. The Morgan fingerprint density at radius 3 is 2.89 bits per heavy atom. The molecule has 18 heavy (non-hydrogen) atoms. The molecule has 6 heteroatoms. The quantitative estimate of drug-likeness (QED) is 0.332. The summed E-state index contributed by atoms with van der Waals surface area (Å²) in [5.41, 5.74) is 2.15. The summed E-state index contributed by atoms with van der Waals surface area (Å²) in [6.45, 7) is 2.04. The average molecular weight is 334 g/mol. The van der Waals surface area contributed by atoms with Crippen LogP contribution in [0.1, 0.15) is 30.6 Å². The third-order valence-electron chi connectivity index (χ3n) is 2.65. The highest BCUT2D eigenvalue weighted by molar-refractivity contribution is 9.10. The van der Waals surface area contributed by atoms with Gasteiger partial charge in [0.1, 0.15) is 0 Å². The highest BCUT2D eigenvalue weighted by atomic mass is 79.9. The second kappa shape index (κ2) is 8.63. The van der Waals surface area contributed by atoms with Gasteiger partial charge < -0.3 is 4.90 Å². The Labute approximate surface area is 121 Å². The number of hydrogen-bond donors (Lipinski definition) is 2. The first-order valence-electron chi connectivity index (χ1n) is 6.02. The number of thiophene rings is 1. The summed E-state index contributed by atoms with van der Waals surface area (Å²) in [5.74, 6) is 4.94. The van der Waals surface area contributed by atoms with Gasteiger partial charge in [-0.15, -0.1) is 11.3 Å². The minimum absolute atomic E-state index is 0.0770. The highest BCUT2D eigenvalue weighted by Crippen LogP contribution is 2.20. The Balaban J connectivity index is 2.07. The highest BCUT2D eigenvalue weighted by Gasteiger charge is 2.03. The molecule has 0 spiro atoms. The fraction of sp³-hybridized carbons (Fsp3) is 0.583. The van der Waals surface area contributed by atoms with Gasteiger partial charge in [0.25, 0.3) is 0 Å². The molecule has 0 saturated carbocycles. The molecule has 4 nitrogen and oxygen atoms in total. The van der Waals surface area contributed by atoms with E-state index in [1.807, 2.05) is 0 Å². The van der Waals surface area contributed by atoms with E-state index < -0.39 is 0 Å². The number of carbonyl (C=O) groups is 1. The van der Waals surface area contributed by atoms with E-state index in [-0.39, 0.29) is 5.91 Å². The van der Waals surface area contributed by atoms with Crippen LogP contribution in [0, 0.1) is 0 Å². The van der Waals surface area contributed by atoms with Gasteiger partial charge in [0.2, 0.25) is 5.91 Å². The summed E-state index contributed by atoms with van der Waals surface area (Å²) in [4.78, 5) is 14.6. The number of nitrogens with two attached hydrogens (primary N) is 1. The molecule has 1 amide bonds. The third-order valence-corrected chi connectivity index (χ3v) is 4.33. The van der Waals surface area contributed by atoms with Crippen LogP contribution in [-0.4, -0.2) is 24.4 Å². The second-order valence-electron chi connectivity index (χ2n) is 4.35. The molecule has 1 aromatic heterocycles. The summed E-state index contributed by atoms with van der Waals surface area (Å²) in [7, 11) is 2.13. The lowest BCUT2D eigenvalue weighted by Crippen LogP contribution is -2.29. The Hall–Kier alpha value is -0.430. The fourth-order valence-electron chi connectivity index (χ4n) is 1.70. The fourth-order valence-corrected chi connectivity index (χ4v) is 3.23. The number of nitrogens with zero attached hydrogens (tertiary/aromatic N) is 1. The van der Waals surface area contributed by atoms with Crippen molar-refractivity contribution in [3.63, 3.8) is 0 Å². The molecular weight excluding hydrogens is 314 g/mol. The minimum atomic E-state index is -0.0770. The van der Waals surface area contributed by atoms with Crippen molar-refractivity contribution >= 4 is 33.2 Å². The van der Waals surface area contributed by atoms with Crippen molar-refractivity contribution in [2.24, 2.45) is 5.84 Å². The van der Waals surface area contributed by atoms with Crippen molar-refractivity contribution in [2.45, 2.75) is 32.2 Å². The summed E-state index contributed by atoms with van der Waals surface area (Å²) >= 11 is 5.23.